The van der Waals surface area contributed by atoms with Crippen LogP contribution in [0.25, 0.3) is 0 Å². The smallest absolute Gasteiger partial charge is 0.0807 e. The van der Waals surface area contributed by atoms with Crippen LogP contribution in [0, 0.1) is 5.92 Å². The summed E-state index contributed by atoms with van der Waals surface area (Å²) in [6.07, 6.45) is 1.68. The summed E-state index contributed by atoms with van der Waals surface area (Å²) in [6, 6.07) is 8.86. The van der Waals surface area contributed by atoms with Crippen molar-refractivity contribution in [2.24, 2.45) is 5.92 Å². The summed E-state index contributed by atoms with van der Waals surface area (Å²) < 4.78 is 0. The third-order valence-corrected chi connectivity index (χ3v) is 3.78. The third-order valence-electron chi connectivity index (χ3n) is 3.78. The Morgan fingerprint density at radius 2 is 2.06 bits per heavy atom. The van der Waals surface area contributed by atoms with E-state index in [1.807, 2.05) is 13.0 Å². The van der Waals surface area contributed by atoms with Gasteiger partial charge in [-0.15, -0.1) is 0 Å². The topological polar surface area (TPSA) is 23.5 Å². The van der Waals surface area contributed by atoms with Gasteiger partial charge in [-0.2, -0.15) is 0 Å². The van der Waals surface area contributed by atoms with Gasteiger partial charge in [0.25, 0.3) is 0 Å². The number of hydrogen-bond donors (Lipinski definition) is 1. The highest BCUT2D eigenvalue weighted by atomic mass is 16.3. The van der Waals surface area contributed by atoms with Crippen LogP contribution in [0.15, 0.2) is 24.3 Å². The van der Waals surface area contributed by atoms with Gasteiger partial charge in [0, 0.05) is 23.8 Å². The molecule has 2 rings (SSSR count). The summed E-state index contributed by atoms with van der Waals surface area (Å²) >= 11 is 0. The second-order valence-corrected chi connectivity index (χ2v) is 5.33. The van der Waals surface area contributed by atoms with Crippen LogP contribution in [0.5, 0.6) is 0 Å². The number of anilines is 1. The van der Waals surface area contributed by atoms with E-state index in [-0.39, 0.29) is 6.10 Å². The van der Waals surface area contributed by atoms with Crippen molar-refractivity contribution in [1.29, 1.82) is 0 Å². The highest BCUT2D eigenvalue weighted by Crippen LogP contribution is 2.34. The molecule has 1 aliphatic heterocycles. The number of rotatable bonds is 3. The Morgan fingerprint density at radius 1 is 1.35 bits per heavy atom. The molecule has 0 radical (unpaired) electrons. The molecule has 1 heterocycles. The summed E-state index contributed by atoms with van der Waals surface area (Å²) in [5.41, 5.74) is 2.30. The lowest BCUT2D eigenvalue weighted by molar-refractivity contribution is 0.174. The van der Waals surface area contributed by atoms with E-state index in [0.29, 0.717) is 6.04 Å². The van der Waals surface area contributed by atoms with E-state index >= 15 is 0 Å². The molecule has 1 aromatic carbocycles. The molecule has 1 saturated heterocycles. The highest BCUT2D eigenvalue weighted by molar-refractivity contribution is 5.56. The molecule has 0 bridgehead atoms. The Labute approximate surface area is 104 Å². The molecule has 1 aromatic rings. The first-order valence-corrected chi connectivity index (χ1v) is 6.67. The largest absolute Gasteiger partial charge is 0.388 e. The zero-order valence-corrected chi connectivity index (χ0v) is 11.1. The summed E-state index contributed by atoms with van der Waals surface area (Å²) in [6.45, 7) is 7.71. The summed E-state index contributed by atoms with van der Waals surface area (Å²) in [5.74, 6) is 0.747. The maximum absolute atomic E-state index is 10.1. The first-order chi connectivity index (χ1) is 8.13. The first-order valence-electron chi connectivity index (χ1n) is 6.67. The predicted molar refractivity (Wildman–Crippen MR) is 72.3 cm³/mol. The molecule has 0 aliphatic carbocycles. The number of benzene rings is 1. The van der Waals surface area contributed by atoms with Gasteiger partial charge in [0.1, 0.15) is 0 Å². The van der Waals surface area contributed by atoms with Crippen LogP contribution in [-0.2, 0) is 0 Å². The standard InChI is InChI=1S/C15H23NO/c1-4-15(17)13-7-5-6-8-14(13)16-10-11(2)9-12(16)3/h5-8,11-12,15,17H,4,9-10H2,1-3H3. The zero-order chi connectivity index (χ0) is 12.4. The van der Waals surface area contributed by atoms with Crippen molar-refractivity contribution in [3.8, 4) is 0 Å². The van der Waals surface area contributed by atoms with Crippen LogP contribution in [0.4, 0.5) is 5.69 Å². The van der Waals surface area contributed by atoms with Gasteiger partial charge in [-0.1, -0.05) is 32.0 Å². The Bertz CT molecular complexity index is 377. The summed E-state index contributed by atoms with van der Waals surface area (Å²) in [5, 5.41) is 10.1. The molecule has 0 aromatic heterocycles. The molecule has 94 valence electrons. The fraction of sp³-hybridized carbons (Fsp3) is 0.600. The van der Waals surface area contributed by atoms with Crippen molar-refractivity contribution in [1.82, 2.24) is 0 Å². The van der Waals surface area contributed by atoms with Gasteiger partial charge in [0.05, 0.1) is 6.10 Å². The molecule has 1 fully saturated rings. The number of para-hydroxylation sites is 1. The fourth-order valence-corrected chi connectivity index (χ4v) is 2.89. The lowest BCUT2D eigenvalue weighted by atomic mass is 10.0. The van der Waals surface area contributed by atoms with E-state index < -0.39 is 0 Å². The van der Waals surface area contributed by atoms with Crippen molar-refractivity contribution >= 4 is 5.69 Å². The van der Waals surface area contributed by atoms with Crippen molar-refractivity contribution in [2.45, 2.75) is 45.8 Å². The quantitative estimate of drug-likeness (QED) is 0.865. The average Bonchev–Trinajstić information content (AvgIpc) is 2.67. The second kappa shape index (κ2) is 5.09. The molecule has 17 heavy (non-hydrogen) atoms. The van der Waals surface area contributed by atoms with Gasteiger partial charge in [-0.05, 0) is 31.7 Å². The molecule has 1 aliphatic rings. The number of hydrogen-bond acceptors (Lipinski definition) is 2. The van der Waals surface area contributed by atoms with Gasteiger partial charge >= 0.3 is 0 Å². The molecule has 2 nitrogen and oxygen atoms in total. The lowest BCUT2D eigenvalue weighted by Crippen LogP contribution is -2.28. The third kappa shape index (κ3) is 2.47. The second-order valence-electron chi connectivity index (χ2n) is 5.33. The van der Waals surface area contributed by atoms with Crippen molar-refractivity contribution in [3.05, 3.63) is 29.8 Å². The van der Waals surface area contributed by atoms with Crippen LogP contribution in [-0.4, -0.2) is 17.7 Å². The molecule has 3 atom stereocenters. The number of nitrogens with zero attached hydrogens (tertiary/aromatic N) is 1. The molecule has 3 unspecified atom stereocenters. The molecule has 0 saturated carbocycles. The van der Waals surface area contributed by atoms with E-state index in [2.05, 4.69) is 36.9 Å². The molecule has 2 heteroatoms. The summed E-state index contributed by atoms with van der Waals surface area (Å²) in [7, 11) is 0. The predicted octanol–water partition coefficient (Wildman–Crippen LogP) is 3.36. The van der Waals surface area contributed by atoms with E-state index in [9.17, 15) is 5.11 Å². The van der Waals surface area contributed by atoms with Gasteiger partial charge in [-0.3, -0.25) is 0 Å². The van der Waals surface area contributed by atoms with Gasteiger partial charge in [0.2, 0.25) is 0 Å². The number of aliphatic hydroxyl groups excluding tert-OH is 1. The van der Waals surface area contributed by atoms with E-state index in [1.54, 1.807) is 0 Å². The van der Waals surface area contributed by atoms with Crippen LogP contribution >= 0.6 is 0 Å². The minimum Gasteiger partial charge on any atom is -0.388 e. The maximum Gasteiger partial charge on any atom is 0.0807 e. The zero-order valence-electron chi connectivity index (χ0n) is 11.1. The van der Waals surface area contributed by atoms with Gasteiger partial charge in [0.15, 0.2) is 0 Å². The van der Waals surface area contributed by atoms with Crippen molar-refractivity contribution < 1.29 is 5.11 Å². The average molecular weight is 233 g/mol. The Hall–Kier alpha value is -1.02. The van der Waals surface area contributed by atoms with Crippen LogP contribution < -0.4 is 4.90 Å². The molecule has 0 spiro atoms. The van der Waals surface area contributed by atoms with Gasteiger partial charge in [-0.25, -0.2) is 0 Å². The van der Waals surface area contributed by atoms with E-state index in [1.165, 1.54) is 12.1 Å². The van der Waals surface area contributed by atoms with E-state index in [0.717, 1.165) is 24.4 Å². The molecular weight excluding hydrogens is 210 g/mol. The molecule has 0 amide bonds. The van der Waals surface area contributed by atoms with Crippen molar-refractivity contribution in [3.63, 3.8) is 0 Å². The minimum atomic E-state index is -0.339. The molecular formula is C15H23NO. The first kappa shape index (κ1) is 12.4. The summed E-state index contributed by atoms with van der Waals surface area (Å²) in [4.78, 5) is 2.44. The SMILES string of the molecule is CCC(O)c1ccccc1N1CC(C)CC1C. The normalized spacial score (nSPS) is 26.2. The Morgan fingerprint density at radius 3 is 2.65 bits per heavy atom. The maximum atomic E-state index is 10.1. The lowest BCUT2D eigenvalue weighted by Gasteiger charge is -2.28. The van der Waals surface area contributed by atoms with Gasteiger partial charge < -0.3 is 10.0 Å². The Kier molecular flexibility index (Phi) is 3.72. The number of aliphatic hydroxyl groups is 1. The molecule has 1 N–H and O–H groups in total. The van der Waals surface area contributed by atoms with Crippen LogP contribution in [0.1, 0.15) is 45.3 Å². The van der Waals surface area contributed by atoms with E-state index in [4.69, 9.17) is 0 Å². The highest BCUT2D eigenvalue weighted by Gasteiger charge is 2.28. The Balaban J connectivity index is 2.31. The minimum absolute atomic E-state index is 0.339. The monoisotopic (exact) mass is 233 g/mol. The van der Waals surface area contributed by atoms with Crippen LogP contribution in [0.3, 0.4) is 0 Å². The van der Waals surface area contributed by atoms with Crippen molar-refractivity contribution in [2.75, 3.05) is 11.4 Å². The van der Waals surface area contributed by atoms with Crippen LogP contribution in [0.2, 0.25) is 0 Å². The fourth-order valence-electron chi connectivity index (χ4n) is 2.89.